The third-order valence-corrected chi connectivity index (χ3v) is 5.52. The van der Waals surface area contributed by atoms with Crippen LogP contribution >= 0.6 is 0 Å². The third-order valence-electron chi connectivity index (χ3n) is 5.52. The van der Waals surface area contributed by atoms with Crippen LogP contribution in [0.3, 0.4) is 0 Å². The minimum Gasteiger partial charge on any atom is -0.383 e. The number of nitrogens with zero attached hydrogens (tertiary/aromatic N) is 2. The standard InChI is InChI=1S/C24H35N5O4/c1-4-6-10-16-28(20-21(25)29(15-7-5-2)24(33)27-23(20)32)19(30)13-14-26-22(31)18-12-9-8-11-17(18)3/h8-9,11-12H,4-7,10,13-16,25H2,1-3H3,(H,26,31)(H,27,32,33). The van der Waals surface area contributed by atoms with Crippen LogP contribution in [0.1, 0.15) is 68.3 Å². The van der Waals surface area contributed by atoms with Crippen molar-refractivity contribution in [1.82, 2.24) is 14.9 Å². The molecule has 0 fully saturated rings. The van der Waals surface area contributed by atoms with E-state index in [1.54, 1.807) is 12.1 Å². The van der Waals surface area contributed by atoms with Crippen molar-refractivity contribution in [2.75, 3.05) is 23.7 Å². The average molecular weight is 458 g/mol. The molecule has 4 N–H and O–H groups in total. The molecule has 0 spiro atoms. The number of benzene rings is 1. The largest absolute Gasteiger partial charge is 0.383 e. The molecule has 180 valence electrons. The summed E-state index contributed by atoms with van der Waals surface area (Å²) in [6.45, 7) is 6.65. The molecule has 9 heteroatoms. The van der Waals surface area contributed by atoms with Crippen LogP contribution in [0.2, 0.25) is 0 Å². The molecule has 0 unspecified atom stereocenters. The van der Waals surface area contributed by atoms with Gasteiger partial charge in [-0.3, -0.25) is 23.9 Å². The van der Waals surface area contributed by atoms with Crippen molar-refractivity contribution in [2.24, 2.45) is 0 Å². The highest BCUT2D eigenvalue weighted by atomic mass is 16.2. The lowest BCUT2D eigenvalue weighted by Gasteiger charge is -2.24. The Morgan fingerprint density at radius 1 is 1.09 bits per heavy atom. The molecule has 0 radical (unpaired) electrons. The van der Waals surface area contributed by atoms with Crippen LogP contribution < -0.4 is 27.2 Å². The van der Waals surface area contributed by atoms with Crippen molar-refractivity contribution in [2.45, 2.75) is 65.8 Å². The van der Waals surface area contributed by atoms with Crippen molar-refractivity contribution in [3.05, 3.63) is 56.2 Å². The van der Waals surface area contributed by atoms with Crippen LogP contribution in [0, 0.1) is 6.92 Å². The molecule has 0 atom stereocenters. The van der Waals surface area contributed by atoms with E-state index in [9.17, 15) is 19.2 Å². The van der Waals surface area contributed by atoms with Crippen LogP contribution in [-0.2, 0) is 11.3 Å². The van der Waals surface area contributed by atoms with Crippen LogP contribution in [-0.4, -0.2) is 34.5 Å². The van der Waals surface area contributed by atoms with Gasteiger partial charge in [0.15, 0.2) is 5.69 Å². The van der Waals surface area contributed by atoms with E-state index in [-0.39, 0.29) is 36.3 Å². The Kier molecular flexibility index (Phi) is 9.90. The van der Waals surface area contributed by atoms with Crippen molar-refractivity contribution in [3.63, 3.8) is 0 Å². The number of hydrogen-bond donors (Lipinski definition) is 3. The molecule has 0 aliphatic heterocycles. The Morgan fingerprint density at radius 3 is 2.45 bits per heavy atom. The lowest BCUT2D eigenvalue weighted by Crippen LogP contribution is -2.42. The number of carbonyl (C=O) groups is 2. The first-order chi connectivity index (χ1) is 15.8. The molecule has 2 amide bonds. The normalized spacial score (nSPS) is 10.8. The van der Waals surface area contributed by atoms with Gasteiger partial charge in [0.2, 0.25) is 5.91 Å². The van der Waals surface area contributed by atoms with Crippen LogP contribution in [0.15, 0.2) is 33.9 Å². The summed E-state index contributed by atoms with van der Waals surface area (Å²) in [6.07, 6.45) is 4.06. The fourth-order valence-corrected chi connectivity index (χ4v) is 3.60. The summed E-state index contributed by atoms with van der Waals surface area (Å²) in [4.78, 5) is 54.1. The number of nitrogen functional groups attached to an aromatic ring is 1. The fraction of sp³-hybridized carbons (Fsp3) is 0.500. The van der Waals surface area contributed by atoms with Crippen LogP contribution in [0.25, 0.3) is 0 Å². The Morgan fingerprint density at radius 2 is 1.79 bits per heavy atom. The minimum absolute atomic E-state index is 0.00274. The maximum absolute atomic E-state index is 13.1. The number of aryl methyl sites for hydroxylation is 1. The number of aromatic amines is 1. The molecule has 1 aromatic heterocycles. The first-order valence-electron chi connectivity index (χ1n) is 11.6. The molecular weight excluding hydrogens is 422 g/mol. The van der Waals surface area contributed by atoms with E-state index in [0.717, 1.165) is 24.8 Å². The minimum atomic E-state index is -0.681. The molecule has 9 nitrogen and oxygen atoms in total. The number of carbonyl (C=O) groups excluding carboxylic acids is 2. The van der Waals surface area contributed by atoms with E-state index in [1.807, 2.05) is 32.9 Å². The second kappa shape index (κ2) is 12.6. The highest BCUT2D eigenvalue weighted by molar-refractivity contribution is 5.97. The van der Waals surface area contributed by atoms with E-state index in [0.29, 0.717) is 31.5 Å². The molecule has 0 aliphatic rings. The van der Waals surface area contributed by atoms with E-state index in [2.05, 4.69) is 10.3 Å². The molecule has 0 saturated carbocycles. The third kappa shape index (κ3) is 6.81. The van der Waals surface area contributed by atoms with Gasteiger partial charge in [0.1, 0.15) is 5.82 Å². The number of nitrogens with two attached hydrogens (primary N) is 1. The van der Waals surface area contributed by atoms with E-state index < -0.39 is 11.2 Å². The van der Waals surface area contributed by atoms with E-state index in [4.69, 9.17) is 5.73 Å². The molecule has 0 bridgehead atoms. The maximum Gasteiger partial charge on any atom is 0.330 e. The van der Waals surface area contributed by atoms with E-state index in [1.165, 1.54) is 9.47 Å². The molecular formula is C24H35N5O4. The zero-order valence-corrected chi connectivity index (χ0v) is 19.8. The number of H-pyrrole nitrogens is 1. The van der Waals surface area contributed by atoms with E-state index >= 15 is 0 Å². The van der Waals surface area contributed by atoms with Gasteiger partial charge in [-0.2, -0.15) is 0 Å². The Balaban J connectivity index is 2.22. The highest BCUT2D eigenvalue weighted by Crippen LogP contribution is 2.19. The number of aromatic nitrogens is 2. The lowest BCUT2D eigenvalue weighted by atomic mass is 10.1. The molecule has 0 aliphatic carbocycles. The molecule has 1 aromatic carbocycles. The Labute approximate surface area is 194 Å². The van der Waals surface area contributed by atoms with Gasteiger partial charge < -0.3 is 16.0 Å². The monoisotopic (exact) mass is 457 g/mol. The number of nitrogens with one attached hydrogen (secondary N) is 2. The maximum atomic E-state index is 13.1. The van der Waals surface area contributed by atoms with Gasteiger partial charge in [0.05, 0.1) is 0 Å². The summed E-state index contributed by atoms with van der Waals surface area (Å²) >= 11 is 0. The second-order valence-corrected chi connectivity index (χ2v) is 8.07. The first-order valence-corrected chi connectivity index (χ1v) is 11.6. The van der Waals surface area contributed by atoms with Gasteiger partial charge in [-0.05, 0) is 31.4 Å². The van der Waals surface area contributed by atoms with Crippen molar-refractivity contribution < 1.29 is 9.59 Å². The zero-order chi connectivity index (χ0) is 24.4. The van der Waals surface area contributed by atoms with Crippen molar-refractivity contribution in [3.8, 4) is 0 Å². The highest BCUT2D eigenvalue weighted by Gasteiger charge is 2.24. The van der Waals surface area contributed by atoms with Gasteiger partial charge in [-0.25, -0.2) is 4.79 Å². The number of anilines is 2. The first kappa shape index (κ1) is 25.9. The quantitative estimate of drug-likeness (QED) is 0.422. The lowest BCUT2D eigenvalue weighted by molar-refractivity contribution is -0.118. The van der Waals surface area contributed by atoms with Gasteiger partial charge >= 0.3 is 5.69 Å². The zero-order valence-electron chi connectivity index (χ0n) is 19.8. The summed E-state index contributed by atoms with van der Waals surface area (Å²) in [5, 5.41) is 2.76. The molecule has 2 aromatic rings. The van der Waals surface area contributed by atoms with Gasteiger partial charge in [-0.1, -0.05) is 51.3 Å². The van der Waals surface area contributed by atoms with Crippen LogP contribution in [0.4, 0.5) is 11.5 Å². The topological polar surface area (TPSA) is 130 Å². The fourth-order valence-electron chi connectivity index (χ4n) is 3.60. The summed E-state index contributed by atoms with van der Waals surface area (Å²) in [5.41, 5.74) is 6.34. The molecule has 33 heavy (non-hydrogen) atoms. The summed E-state index contributed by atoms with van der Waals surface area (Å²) in [5.74, 6) is -0.607. The Hall–Kier alpha value is -3.36. The SMILES string of the molecule is CCCCCN(C(=O)CCNC(=O)c1ccccc1C)c1c(N)n(CCCC)c(=O)[nH]c1=O. The summed E-state index contributed by atoms with van der Waals surface area (Å²) in [6, 6.07) is 7.21. The smallest absolute Gasteiger partial charge is 0.330 e. The van der Waals surface area contributed by atoms with Gasteiger partial charge in [0.25, 0.3) is 11.5 Å². The second-order valence-electron chi connectivity index (χ2n) is 8.07. The number of amides is 2. The number of unbranched alkanes of at least 4 members (excludes halogenated alkanes) is 3. The van der Waals surface area contributed by atoms with Crippen molar-refractivity contribution in [1.29, 1.82) is 0 Å². The molecule has 2 rings (SSSR count). The predicted octanol–water partition coefficient (Wildman–Crippen LogP) is 2.57. The average Bonchev–Trinajstić information content (AvgIpc) is 2.78. The number of hydrogen-bond acceptors (Lipinski definition) is 5. The summed E-state index contributed by atoms with van der Waals surface area (Å²) < 4.78 is 1.31. The van der Waals surface area contributed by atoms with Crippen molar-refractivity contribution >= 4 is 23.3 Å². The van der Waals surface area contributed by atoms with Gasteiger partial charge in [-0.15, -0.1) is 0 Å². The summed E-state index contributed by atoms with van der Waals surface area (Å²) in [7, 11) is 0. The molecule has 1 heterocycles. The van der Waals surface area contributed by atoms with Gasteiger partial charge in [0, 0.05) is 31.6 Å². The Bertz CT molecular complexity index is 1070. The number of rotatable bonds is 12. The predicted molar refractivity (Wildman–Crippen MR) is 131 cm³/mol. The molecule has 0 saturated heterocycles. The van der Waals surface area contributed by atoms with Crippen LogP contribution in [0.5, 0.6) is 0 Å².